The molecule has 0 heterocycles. The van der Waals surface area contributed by atoms with Crippen LogP contribution in [0.1, 0.15) is 19.8 Å². The second kappa shape index (κ2) is 2.67. The van der Waals surface area contributed by atoms with Gasteiger partial charge in [0, 0.05) is 0 Å². The SMILES string of the molecule is C=C(C)CC1=CCC=C1. The Bertz CT molecular complexity index is 170. The van der Waals surface area contributed by atoms with Gasteiger partial charge >= 0.3 is 0 Å². The zero-order chi connectivity index (χ0) is 6.69. The summed E-state index contributed by atoms with van der Waals surface area (Å²) in [5.41, 5.74) is 2.66. The van der Waals surface area contributed by atoms with Crippen LogP contribution in [0.5, 0.6) is 0 Å². The largest absolute Gasteiger partial charge is 0.0998 e. The molecule has 1 rings (SSSR count). The van der Waals surface area contributed by atoms with Crippen LogP contribution in [0.2, 0.25) is 0 Å². The van der Waals surface area contributed by atoms with E-state index in [0.29, 0.717) is 0 Å². The van der Waals surface area contributed by atoms with Crippen LogP contribution in [0.4, 0.5) is 0 Å². The molecular formula is C9H12. The lowest BCUT2D eigenvalue weighted by Gasteiger charge is -1.95. The summed E-state index contributed by atoms with van der Waals surface area (Å²) >= 11 is 0. The van der Waals surface area contributed by atoms with Crippen molar-refractivity contribution >= 4 is 0 Å². The molecule has 0 aromatic carbocycles. The Kier molecular flexibility index (Phi) is 1.88. The first kappa shape index (κ1) is 6.34. The Morgan fingerprint density at radius 1 is 1.78 bits per heavy atom. The standard InChI is InChI=1S/C9H12/c1-8(2)7-9-5-3-4-6-9/h3,5-6H,1,4,7H2,2H3. The Labute approximate surface area is 56.6 Å². The number of hydrogen-bond donors (Lipinski definition) is 0. The monoisotopic (exact) mass is 120 g/mol. The quantitative estimate of drug-likeness (QED) is 0.491. The lowest BCUT2D eigenvalue weighted by atomic mass is 10.1. The maximum atomic E-state index is 3.84. The Hall–Kier alpha value is -0.780. The van der Waals surface area contributed by atoms with Gasteiger partial charge in [-0.1, -0.05) is 30.4 Å². The third-order valence-corrected chi connectivity index (χ3v) is 1.35. The molecule has 0 aliphatic heterocycles. The van der Waals surface area contributed by atoms with Crippen molar-refractivity contribution in [2.45, 2.75) is 19.8 Å². The average Bonchev–Trinajstić information content (AvgIpc) is 2.15. The molecule has 0 bridgehead atoms. The number of rotatable bonds is 2. The van der Waals surface area contributed by atoms with E-state index in [-0.39, 0.29) is 0 Å². The van der Waals surface area contributed by atoms with E-state index < -0.39 is 0 Å². The summed E-state index contributed by atoms with van der Waals surface area (Å²) in [4.78, 5) is 0. The predicted molar refractivity (Wildman–Crippen MR) is 41.3 cm³/mol. The summed E-state index contributed by atoms with van der Waals surface area (Å²) in [6, 6.07) is 0. The van der Waals surface area contributed by atoms with E-state index in [1.807, 2.05) is 0 Å². The Balaban J connectivity index is 2.45. The second-order valence-corrected chi connectivity index (χ2v) is 2.55. The van der Waals surface area contributed by atoms with Crippen molar-refractivity contribution in [2.24, 2.45) is 0 Å². The minimum absolute atomic E-state index is 1.05. The van der Waals surface area contributed by atoms with E-state index in [0.717, 1.165) is 12.8 Å². The summed E-state index contributed by atoms with van der Waals surface area (Å²) < 4.78 is 0. The van der Waals surface area contributed by atoms with Gasteiger partial charge in [-0.15, -0.1) is 0 Å². The van der Waals surface area contributed by atoms with Gasteiger partial charge in [-0.3, -0.25) is 0 Å². The molecule has 0 nitrogen and oxygen atoms in total. The van der Waals surface area contributed by atoms with Crippen molar-refractivity contribution in [1.82, 2.24) is 0 Å². The maximum absolute atomic E-state index is 3.84. The Morgan fingerprint density at radius 3 is 3.00 bits per heavy atom. The van der Waals surface area contributed by atoms with Gasteiger partial charge in [0.15, 0.2) is 0 Å². The van der Waals surface area contributed by atoms with Crippen molar-refractivity contribution < 1.29 is 0 Å². The van der Waals surface area contributed by atoms with Crippen molar-refractivity contribution in [1.29, 1.82) is 0 Å². The van der Waals surface area contributed by atoms with Crippen LogP contribution < -0.4 is 0 Å². The molecule has 0 amide bonds. The average molecular weight is 120 g/mol. The van der Waals surface area contributed by atoms with Crippen LogP contribution in [0.15, 0.2) is 36.0 Å². The molecule has 1 aliphatic rings. The van der Waals surface area contributed by atoms with E-state index in [1.54, 1.807) is 0 Å². The fourth-order valence-electron chi connectivity index (χ4n) is 0.986. The molecule has 0 spiro atoms. The summed E-state index contributed by atoms with van der Waals surface area (Å²) in [5.74, 6) is 0. The Morgan fingerprint density at radius 2 is 2.56 bits per heavy atom. The summed E-state index contributed by atoms with van der Waals surface area (Å²) in [7, 11) is 0. The number of allylic oxidation sites excluding steroid dienone is 5. The van der Waals surface area contributed by atoms with E-state index in [9.17, 15) is 0 Å². The zero-order valence-electron chi connectivity index (χ0n) is 5.85. The van der Waals surface area contributed by atoms with Crippen LogP contribution >= 0.6 is 0 Å². The van der Waals surface area contributed by atoms with Gasteiger partial charge in [-0.2, -0.15) is 0 Å². The fourth-order valence-corrected chi connectivity index (χ4v) is 0.986. The molecular weight excluding hydrogens is 108 g/mol. The molecule has 0 fully saturated rings. The molecule has 9 heavy (non-hydrogen) atoms. The molecule has 0 heteroatoms. The topological polar surface area (TPSA) is 0 Å². The van der Waals surface area contributed by atoms with Crippen molar-refractivity contribution in [3.05, 3.63) is 36.0 Å². The minimum atomic E-state index is 1.05. The van der Waals surface area contributed by atoms with Gasteiger partial charge in [0.25, 0.3) is 0 Å². The van der Waals surface area contributed by atoms with E-state index >= 15 is 0 Å². The van der Waals surface area contributed by atoms with Crippen molar-refractivity contribution in [3.63, 3.8) is 0 Å². The van der Waals surface area contributed by atoms with E-state index in [1.165, 1.54) is 11.1 Å². The molecule has 0 aromatic rings. The van der Waals surface area contributed by atoms with Gasteiger partial charge in [0.1, 0.15) is 0 Å². The molecule has 48 valence electrons. The highest BCUT2D eigenvalue weighted by Crippen LogP contribution is 2.15. The van der Waals surface area contributed by atoms with Gasteiger partial charge in [0.05, 0.1) is 0 Å². The van der Waals surface area contributed by atoms with Crippen LogP contribution in [0, 0.1) is 0 Å². The second-order valence-electron chi connectivity index (χ2n) is 2.55. The minimum Gasteiger partial charge on any atom is -0.0998 e. The van der Waals surface area contributed by atoms with Crippen molar-refractivity contribution in [2.75, 3.05) is 0 Å². The normalized spacial score (nSPS) is 15.9. The predicted octanol–water partition coefficient (Wildman–Crippen LogP) is 2.84. The first-order valence-corrected chi connectivity index (χ1v) is 3.29. The first-order valence-electron chi connectivity index (χ1n) is 3.29. The highest BCUT2D eigenvalue weighted by molar-refractivity contribution is 5.29. The summed E-state index contributed by atoms with van der Waals surface area (Å²) in [5, 5.41) is 0. The molecule has 0 aromatic heterocycles. The van der Waals surface area contributed by atoms with Gasteiger partial charge in [0.2, 0.25) is 0 Å². The van der Waals surface area contributed by atoms with Crippen LogP contribution in [-0.2, 0) is 0 Å². The summed E-state index contributed by atoms with van der Waals surface area (Å²) in [6.45, 7) is 5.91. The smallest absolute Gasteiger partial charge is 0.00757 e. The van der Waals surface area contributed by atoms with Gasteiger partial charge in [-0.25, -0.2) is 0 Å². The highest BCUT2D eigenvalue weighted by atomic mass is 14.0. The third kappa shape index (κ3) is 1.88. The van der Waals surface area contributed by atoms with Gasteiger partial charge < -0.3 is 0 Å². The molecule has 0 radical (unpaired) electrons. The third-order valence-electron chi connectivity index (χ3n) is 1.35. The molecule has 1 aliphatic carbocycles. The zero-order valence-corrected chi connectivity index (χ0v) is 5.85. The van der Waals surface area contributed by atoms with Crippen LogP contribution in [0.3, 0.4) is 0 Å². The lowest BCUT2D eigenvalue weighted by Crippen LogP contribution is -1.75. The fraction of sp³-hybridized carbons (Fsp3) is 0.333. The molecule has 0 saturated carbocycles. The first-order chi connectivity index (χ1) is 4.29. The lowest BCUT2D eigenvalue weighted by molar-refractivity contribution is 1.16. The molecule has 0 atom stereocenters. The highest BCUT2D eigenvalue weighted by Gasteiger charge is 1.95. The molecule has 0 N–H and O–H groups in total. The summed E-state index contributed by atoms with van der Waals surface area (Å²) in [6.07, 6.45) is 8.76. The maximum Gasteiger partial charge on any atom is -0.00757 e. The molecule has 0 saturated heterocycles. The van der Waals surface area contributed by atoms with Crippen LogP contribution in [-0.4, -0.2) is 0 Å². The molecule has 0 unspecified atom stereocenters. The van der Waals surface area contributed by atoms with Crippen molar-refractivity contribution in [3.8, 4) is 0 Å². The van der Waals surface area contributed by atoms with Crippen LogP contribution in [0.25, 0.3) is 0 Å². The van der Waals surface area contributed by atoms with E-state index in [4.69, 9.17) is 0 Å². The van der Waals surface area contributed by atoms with E-state index in [2.05, 4.69) is 31.7 Å². The van der Waals surface area contributed by atoms with Gasteiger partial charge in [-0.05, 0) is 25.3 Å². The number of hydrogen-bond acceptors (Lipinski definition) is 0.